The van der Waals surface area contributed by atoms with E-state index in [2.05, 4.69) is 5.32 Å². The topological polar surface area (TPSA) is 75.3 Å². The van der Waals surface area contributed by atoms with Crippen LogP contribution in [-0.4, -0.2) is 44.0 Å². The fourth-order valence-electron chi connectivity index (χ4n) is 1.46. The van der Waals surface area contributed by atoms with Gasteiger partial charge in [0.25, 0.3) is 10.0 Å². The zero-order chi connectivity index (χ0) is 15.6. The molecule has 1 aromatic heterocycles. The zero-order valence-electron chi connectivity index (χ0n) is 10.7. The third kappa shape index (κ3) is 5.13. The van der Waals surface area contributed by atoms with Crippen molar-refractivity contribution in [2.75, 3.05) is 5.32 Å². The van der Waals surface area contributed by atoms with E-state index in [0.717, 1.165) is 16.2 Å². The van der Waals surface area contributed by atoms with Gasteiger partial charge in [0, 0.05) is 10.6 Å². The van der Waals surface area contributed by atoms with Gasteiger partial charge in [-0.3, -0.25) is 0 Å². The summed E-state index contributed by atoms with van der Waals surface area (Å²) in [6, 6.07) is 6.65. The Balaban J connectivity index is 0.00000242. The Morgan fingerprint density at radius 3 is 2.36 bits per heavy atom. The van der Waals surface area contributed by atoms with Crippen molar-refractivity contribution in [1.29, 1.82) is 0 Å². The van der Waals surface area contributed by atoms with Crippen molar-refractivity contribution >= 4 is 85.8 Å². The van der Waals surface area contributed by atoms with Crippen molar-refractivity contribution in [2.24, 2.45) is 0 Å². The van der Waals surface area contributed by atoms with Crippen LogP contribution in [0.1, 0.15) is 4.88 Å². The van der Waals surface area contributed by atoms with E-state index < -0.39 is 16.1 Å². The number of sulfonamides is 1. The molecule has 0 aliphatic heterocycles. The van der Waals surface area contributed by atoms with E-state index in [1.165, 1.54) is 24.3 Å². The van der Waals surface area contributed by atoms with Crippen LogP contribution in [0.15, 0.2) is 34.5 Å². The number of hydrogen-bond donors (Lipinski definition) is 2. The number of anilines is 1. The normalized spacial score (nSPS) is 10.7. The fourth-order valence-corrected chi connectivity index (χ4v) is 3.95. The molecule has 5 nitrogen and oxygen atoms in total. The second-order valence-corrected chi connectivity index (χ2v) is 8.07. The molecule has 0 atom stereocenters. The summed E-state index contributed by atoms with van der Waals surface area (Å²) in [5, 5.41) is 2.97. The van der Waals surface area contributed by atoms with Gasteiger partial charge in [-0.1, -0.05) is 23.2 Å². The summed E-state index contributed by atoms with van der Waals surface area (Å²) in [7, 11) is -3.88. The molecule has 0 unspecified atom stereocenters. The van der Waals surface area contributed by atoms with Gasteiger partial charge in [-0.05, 0) is 37.3 Å². The predicted molar refractivity (Wildman–Crippen MR) is 92.0 cm³/mol. The minimum absolute atomic E-state index is 0. The average Bonchev–Trinajstić information content (AvgIpc) is 2.81. The molecule has 114 valence electrons. The van der Waals surface area contributed by atoms with E-state index in [9.17, 15) is 13.2 Å². The van der Waals surface area contributed by atoms with Crippen LogP contribution in [0.5, 0.6) is 0 Å². The maximum atomic E-state index is 12.0. The summed E-state index contributed by atoms with van der Waals surface area (Å²) in [5.41, 5.74) is 0.333. The second-order valence-electron chi connectivity index (χ2n) is 4.05. The number of carbonyl (C=O) groups is 1. The first-order valence-corrected chi connectivity index (χ1v) is 8.69. The van der Waals surface area contributed by atoms with Crippen molar-refractivity contribution in [1.82, 2.24) is 4.72 Å². The molecule has 0 aliphatic carbocycles. The third-order valence-corrected chi connectivity index (χ3v) is 5.95. The molecule has 0 spiro atoms. The van der Waals surface area contributed by atoms with Crippen LogP contribution in [0, 0.1) is 6.92 Å². The maximum absolute atomic E-state index is 12.0. The molecule has 1 heterocycles. The SMILES string of the molecule is Cc1ccc(S(=O)(=O)NC(=O)Nc2ccc(Cl)c(Cl)c2)s1.[NaH]. The van der Waals surface area contributed by atoms with Gasteiger partial charge in [0.1, 0.15) is 4.21 Å². The quantitative estimate of drug-likeness (QED) is 0.792. The number of amides is 2. The van der Waals surface area contributed by atoms with Crippen LogP contribution in [0.2, 0.25) is 10.0 Å². The molecule has 0 saturated carbocycles. The standard InChI is InChI=1S/C12H10Cl2N2O3S2.Na.H/c1-7-2-5-11(20-7)21(18,19)16-12(17)15-8-3-4-9(13)10(14)6-8;;/h2-6H,1H3,(H2,15,16,17);;. The van der Waals surface area contributed by atoms with Gasteiger partial charge in [0.2, 0.25) is 0 Å². The van der Waals surface area contributed by atoms with Gasteiger partial charge in [0.15, 0.2) is 0 Å². The van der Waals surface area contributed by atoms with Crippen molar-refractivity contribution in [3.63, 3.8) is 0 Å². The van der Waals surface area contributed by atoms with Gasteiger partial charge in [0.05, 0.1) is 10.0 Å². The van der Waals surface area contributed by atoms with Crippen molar-refractivity contribution in [3.05, 3.63) is 45.3 Å². The first-order chi connectivity index (χ1) is 9.78. The number of carbonyl (C=O) groups excluding carboxylic acids is 1. The van der Waals surface area contributed by atoms with Gasteiger partial charge in [-0.2, -0.15) is 0 Å². The van der Waals surface area contributed by atoms with E-state index in [4.69, 9.17) is 23.2 Å². The fraction of sp³-hybridized carbons (Fsp3) is 0.0833. The minimum atomic E-state index is -3.88. The van der Waals surface area contributed by atoms with Crippen LogP contribution in [0.4, 0.5) is 10.5 Å². The van der Waals surface area contributed by atoms with Crippen LogP contribution < -0.4 is 10.0 Å². The molecule has 0 radical (unpaired) electrons. The summed E-state index contributed by atoms with van der Waals surface area (Å²) in [6.45, 7) is 1.78. The zero-order valence-corrected chi connectivity index (χ0v) is 13.8. The summed E-state index contributed by atoms with van der Waals surface area (Å²) in [4.78, 5) is 12.6. The first-order valence-electron chi connectivity index (χ1n) is 5.63. The number of halogens is 2. The van der Waals surface area contributed by atoms with E-state index in [0.29, 0.717) is 10.7 Å². The van der Waals surface area contributed by atoms with Gasteiger partial charge in [-0.15, -0.1) is 11.3 Å². The molecule has 2 rings (SSSR count). The molecule has 0 saturated heterocycles. The molecular weight excluding hydrogens is 378 g/mol. The summed E-state index contributed by atoms with van der Waals surface area (Å²) < 4.78 is 25.9. The third-order valence-electron chi connectivity index (χ3n) is 2.39. The summed E-state index contributed by atoms with van der Waals surface area (Å²) >= 11 is 12.6. The number of benzene rings is 1. The molecule has 2 amide bonds. The second kappa shape index (κ2) is 8.01. The molecule has 0 fully saturated rings. The van der Waals surface area contributed by atoms with Crippen molar-refractivity contribution in [3.8, 4) is 0 Å². The Bertz CT molecular complexity index is 793. The van der Waals surface area contributed by atoms with E-state index in [1.807, 2.05) is 4.72 Å². The molecule has 2 aromatic rings. The van der Waals surface area contributed by atoms with E-state index in [-0.39, 0.29) is 38.8 Å². The van der Waals surface area contributed by atoms with E-state index in [1.54, 1.807) is 13.0 Å². The molecule has 1 aromatic carbocycles. The number of aryl methyl sites for hydroxylation is 1. The molecular formula is C12H11Cl2N2NaO3S2. The number of thiophene rings is 1. The van der Waals surface area contributed by atoms with Crippen LogP contribution in [0.3, 0.4) is 0 Å². The Hall–Kier alpha value is -0.280. The molecule has 2 N–H and O–H groups in total. The van der Waals surface area contributed by atoms with Gasteiger partial charge in [-0.25, -0.2) is 17.9 Å². The summed E-state index contributed by atoms with van der Waals surface area (Å²) in [6.07, 6.45) is 0. The van der Waals surface area contributed by atoms with Crippen LogP contribution in [-0.2, 0) is 10.0 Å². The number of hydrogen-bond acceptors (Lipinski definition) is 4. The molecule has 10 heteroatoms. The van der Waals surface area contributed by atoms with Gasteiger partial charge >= 0.3 is 35.6 Å². The van der Waals surface area contributed by atoms with Crippen LogP contribution >= 0.6 is 34.5 Å². The van der Waals surface area contributed by atoms with E-state index >= 15 is 0 Å². The Labute approximate surface area is 164 Å². The Kier molecular flexibility index (Phi) is 7.20. The van der Waals surface area contributed by atoms with Crippen molar-refractivity contribution < 1.29 is 13.2 Å². The van der Waals surface area contributed by atoms with Gasteiger partial charge < -0.3 is 5.32 Å². The number of nitrogens with one attached hydrogen (secondary N) is 2. The number of rotatable bonds is 3. The molecule has 22 heavy (non-hydrogen) atoms. The predicted octanol–water partition coefficient (Wildman–Crippen LogP) is 3.23. The molecule has 0 aliphatic rings. The monoisotopic (exact) mass is 388 g/mol. The molecule has 0 bridgehead atoms. The first kappa shape index (κ1) is 19.8. The van der Waals surface area contributed by atoms with Crippen LogP contribution in [0.25, 0.3) is 0 Å². The van der Waals surface area contributed by atoms with Crippen molar-refractivity contribution in [2.45, 2.75) is 11.1 Å². The Morgan fingerprint density at radius 1 is 1.14 bits per heavy atom. The summed E-state index contributed by atoms with van der Waals surface area (Å²) in [5.74, 6) is 0. The Morgan fingerprint density at radius 2 is 1.82 bits per heavy atom. The average molecular weight is 389 g/mol. The number of urea groups is 1.